The van der Waals surface area contributed by atoms with Gasteiger partial charge in [-0.05, 0) is 11.6 Å². The van der Waals surface area contributed by atoms with E-state index in [-0.39, 0.29) is 5.09 Å². The predicted octanol–water partition coefficient (Wildman–Crippen LogP) is 1.31. The highest BCUT2D eigenvalue weighted by Crippen LogP contribution is 2.33. The molecule has 74 valence electrons. The SMILES string of the molecule is NS(=O)(=O)C1=Cc2ccccc2SO1. The van der Waals surface area contributed by atoms with Crippen molar-refractivity contribution in [3.8, 4) is 0 Å². The van der Waals surface area contributed by atoms with E-state index in [2.05, 4.69) is 0 Å². The molecule has 1 aliphatic rings. The number of sulfonamides is 1. The fourth-order valence-electron chi connectivity index (χ4n) is 1.04. The minimum Gasteiger partial charge on any atom is -0.407 e. The zero-order valence-corrected chi connectivity index (χ0v) is 8.64. The molecular weight excluding hydrogens is 222 g/mol. The van der Waals surface area contributed by atoms with Gasteiger partial charge in [-0.3, -0.25) is 0 Å². The summed E-state index contributed by atoms with van der Waals surface area (Å²) in [6, 6.07) is 7.32. The first-order valence-corrected chi connectivity index (χ1v) is 6.04. The molecule has 1 aliphatic heterocycles. The molecule has 1 aromatic rings. The lowest BCUT2D eigenvalue weighted by atomic mass is 10.2. The van der Waals surface area contributed by atoms with E-state index in [1.165, 1.54) is 6.08 Å². The van der Waals surface area contributed by atoms with Gasteiger partial charge < -0.3 is 4.18 Å². The van der Waals surface area contributed by atoms with Crippen LogP contribution in [0.2, 0.25) is 0 Å². The first kappa shape index (κ1) is 9.57. The molecule has 14 heavy (non-hydrogen) atoms. The molecule has 0 saturated carbocycles. The van der Waals surface area contributed by atoms with Gasteiger partial charge >= 0.3 is 0 Å². The summed E-state index contributed by atoms with van der Waals surface area (Å²) < 4.78 is 26.9. The molecule has 1 heterocycles. The van der Waals surface area contributed by atoms with Gasteiger partial charge in [0.25, 0.3) is 10.0 Å². The zero-order valence-electron chi connectivity index (χ0n) is 7.01. The molecule has 1 aromatic carbocycles. The second-order valence-corrected chi connectivity index (χ2v) is 4.98. The van der Waals surface area contributed by atoms with Crippen molar-refractivity contribution in [2.75, 3.05) is 0 Å². The molecule has 6 heteroatoms. The third-order valence-electron chi connectivity index (χ3n) is 1.69. The Morgan fingerprint density at radius 3 is 2.71 bits per heavy atom. The summed E-state index contributed by atoms with van der Waals surface area (Å²) in [4.78, 5) is 0.875. The number of benzene rings is 1. The molecule has 0 saturated heterocycles. The van der Waals surface area contributed by atoms with Gasteiger partial charge in [0.15, 0.2) is 0 Å². The minimum absolute atomic E-state index is 0.207. The molecule has 0 amide bonds. The van der Waals surface area contributed by atoms with Gasteiger partial charge in [-0.15, -0.1) is 0 Å². The van der Waals surface area contributed by atoms with E-state index < -0.39 is 10.0 Å². The smallest absolute Gasteiger partial charge is 0.272 e. The Kier molecular flexibility index (Phi) is 2.26. The number of primary sulfonamides is 1. The number of rotatable bonds is 1. The predicted molar refractivity (Wildman–Crippen MR) is 54.5 cm³/mol. The molecule has 0 fully saturated rings. The van der Waals surface area contributed by atoms with Gasteiger partial charge in [0.05, 0.1) is 16.9 Å². The van der Waals surface area contributed by atoms with Crippen molar-refractivity contribution in [3.63, 3.8) is 0 Å². The van der Waals surface area contributed by atoms with Gasteiger partial charge in [-0.1, -0.05) is 18.2 Å². The summed E-state index contributed by atoms with van der Waals surface area (Å²) in [6.45, 7) is 0. The summed E-state index contributed by atoms with van der Waals surface area (Å²) in [6.07, 6.45) is 1.42. The van der Waals surface area contributed by atoms with Crippen molar-refractivity contribution in [2.24, 2.45) is 5.14 Å². The third-order valence-corrected chi connectivity index (χ3v) is 3.37. The van der Waals surface area contributed by atoms with E-state index in [0.717, 1.165) is 22.5 Å². The molecule has 2 N–H and O–H groups in total. The highest BCUT2D eigenvalue weighted by molar-refractivity contribution is 7.97. The maximum atomic E-state index is 11.0. The fraction of sp³-hybridized carbons (Fsp3) is 0. The van der Waals surface area contributed by atoms with Crippen LogP contribution in [-0.4, -0.2) is 8.42 Å². The molecular formula is C8H7NO3S2. The lowest BCUT2D eigenvalue weighted by Gasteiger charge is -2.13. The number of fused-ring (bicyclic) bond motifs is 1. The normalized spacial score (nSPS) is 15.4. The molecule has 0 aliphatic carbocycles. The Hall–Kier alpha value is -0.980. The van der Waals surface area contributed by atoms with Gasteiger partial charge in [0, 0.05) is 6.08 Å². The van der Waals surface area contributed by atoms with Crippen molar-refractivity contribution >= 4 is 28.1 Å². The first-order chi connectivity index (χ1) is 6.57. The maximum Gasteiger partial charge on any atom is 0.272 e. The van der Waals surface area contributed by atoms with Gasteiger partial charge in [-0.25, -0.2) is 13.6 Å². The maximum absolute atomic E-state index is 11.0. The minimum atomic E-state index is -3.75. The first-order valence-electron chi connectivity index (χ1n) is 3.75. The Bertz CT molecular complexity index is 493. The van der Waals surface area contributed by atoms with Crippen molar-refractivity contribution in [2.45, 2.75) is 4.90 Å². The highest BCUT2D eigenvalue weighted by atomic mass is 32.2. The molecule has 0 unspecified atom stereocenters. The van der Waals surface area contributed by atoms with E-state index >= 15 is 0 Å². The Labute approximate surface area is 86.0 Å². The van der Waals surface area contributed by atoms with E-state index in [0.29, 0.717) is 0 Å². The van der Waals surface area contributed by atoms with Crippen LogP contribution in [0.25, 0.3) is 6.08 Å². The van der Waals surface area contributed by atoms with Gasteiger partial charge in [0.2, 0.25) is 5.09 Å². The number of hydrogen-bond donors (Lipinski definition) is 1. The van der Waals surface area contributed by atoms with Crippen LogP contribution >= 0.6 is 12.0 Å². The number of hydrogen-bond acceptors (Lipinski definition) is 4. The van der Waals surface area contributed by atoms with Crippen molar-refractivity contribution in [3.05, 3.63) is 34.9 Å². The van der Waals surface area contributed by atoms with Crippen LogP contribution < -0.4 is 5.14 Å². The monoisotopic (exact) mass is 229 g/mol. The standard InChI is InChI=1S/C8H7NO3S2/c9-14(10,11)8-5-6-3-1-2-4-7(6)13-12-8/h1-5H,(H2,9,10,11). The van der Waals surface area contributed by atoms with Crippen LogP contribution in [0.4, 0.5) is 0 Å². The molecule has 0 bridgehead atoms. The summed E-state index contributed by atoms with van der Waals surface area (Å²) in [5, 5.41) is 4.73. The third kappa shape index (κ3) is 1.77. The fourth-order valence-corrected chi connectivity index (χ4v) is 2.39. The average molecular weight is 229 g/mol. The van der Waals surface area contributed by atoms with Crippen LogP contribution in [0, 0.1) is 0 Å². The molecule has 0 aromatic heterocycles. The average Bonchev–Trinajstić information content (AvgIpc) is 2.16. The van der Waals surface area contributed by atoms with E-state index in [4.69, 9.17) is 9.32 Å². The van der Waals surface area contributed by atoms with Gasteiger partial charge in [-0.2, -0.15) is 0 Å². The Balaban J connectivity index is 2.51. The molecule has 4 nitrogen and oxygen atoms in total. The van der Waals surface area contributed by atoms with Crippen LogP contribution in [0.3, 0.4) is 0 Å². The zero-order chi connectivity index (χ0) is 10.2. The molecule has 0 spiro atoms. The summed E-state index contributed by atoms with van der Waals surface area (Å²) in [5.74, 6) is 0. The molecule has 2 rings (SSSR count). The van der Waals surface area contributed by atoms with E-state index in [1.54, 1.807) is 6.07 Å². The topological polar surface area (TPSA) is 69.4 Å². The lowest BCUT2D eigenvalue weighted by Crippen LogP contribution is -2.16. The van der Waals surface area contributed by atoms with Crippen LogP contribution in [-0.2, 0) is 14.2 Å². The molecule has 0 atom stereocenters. The molecule has 0 radical (unpaired) electrons. The van der Waals surface area contributed by atoms with Crippen molar-refractivity contribution < 1.29 is 12.6 Å². The largest absolute Gasteiger partial charge is 0.407 e. The Morgan fingerprint density at radius 1 is 1.29 bits per heavy atom. The van der Waals surface area contributed by atoms with Crippen molar-refractivity contribution in [1.82, 2.24) is 0 Å². The van der Waals surface area contributed by atoms with Crippen molar-refractivity contribution in [1.29, 1.82) is 0 Å². The van der Waals surface area contributed by atoms with E-state index in [9.17, 15) is 8.42 Å². The quantitative estimate of drug-likeness (QED) is 0.737. The van der Waals surface area contributed by atoms with Crippen LogP contribution in [0.5, 0.6) is 0 Å². The lowest BCUT2D eigenvalue weighted by molar-refractivity contribution is 0.516. The second kappa shape index (κ2) is 3.30. The van der Waals surface area contributed by atoms with E-state index in [1.807, 2.05) is 18.2 Å². The summed E-state index contributed by atoms with van der Waals surface area (Å²) >= 11 is 0.996. The summed E-state index contributed by atoms with van der Waals surface area (Å²) in [7, 11) is -3.75. The highest BCUT2D eigenvalue weighted by Gasteiger charge is 2.20. The Morgan fingerprint density at radius 2 is 2.00 bits per heavy atom. The van der Waals surface area contributed by atoms with Gasteiger partial charge in [0.1, 0.15) is 0 Å². The summed E-state index contributed by atoms with van der Waals surface area (Å²) in [5.41, 5.74) is 0.799. The second-order valence-electron chi connectivity index (χ2n) is 2.71. The van der Waals surface area contributed by atoms with Crippen LogP contribution in [0.15, 0.2) is 34.3 Å². The number of nitrogens with two attached hydrogens (primary N) is 1. The van der Waals surface area contributed by atoms with Crippen LogP contribution in [0.1, 0.15) is 5.56 Å².